The number of esters is 2. The second-order valence-electron chi connectivity index (χ2n) is 3.09. The van der Waals surface area contributed by atoms with E-state index in [-0.39, 0.29) is 17.8 Å². The Balaban J connectivity index is 2.67. The van der Waals surface area contributed by atoms with Crippen LogP contribution in [0.2, 0.25) is 0 Å². The summed E-state index contributed by atoms with van der Waals surface area (Å²) >= 11 is 3.24. The number of ether oxygens (including phenoxy) is 2. The number of carbonyl (C=O) groups is 2. The van der Waals surface area contributed by atoms with Gasteiger partial charge in [-0.05, 0) is 13.8 Å². The summed E-state index contributed by atoms with van der Waals surface area (Å²) in [5.41, 5.74) is 0. The van der Waals surface area contributed by atoms with Gasteiger partial charge in [0.1, 0.15) is 0 Å². The van der Waals surface area contributed by atoms with Crippen molar-refractivity contribution in [3.63, 3.8) is 0 Å². The minimum Gasteiger partial charge on any atom is -0.465 e. The highest BCUT2D eigenvalue weighted by Gasteiger charge is 2.39. The van der Waals surface area contributed by atoms with Gasteiger partial charge in [-0.1, -0.05) is 0 Å². The largest absolute Gasteiger partial charge is 0.465 e. The molecule has 92 valence electrons. The predicted octanol–water partition coefficient (Wildman–Crippen LogP) is 1.53. The first kappa shape index (κ1) is 13.7. The van der Waals surface area contributed by atoms with E-state index < -0.39 is 17.9 Å². The van der Waals surface area contributed by atoms with Gasteiger partial charge in [0.05, 0.1) is 17.8 Å². The standard InChI is InChI=1S/C10H16O4S2/c1-3-13-8(11)7(9(12)14-4-2)10-15-5-6-16-10/h7,10H,3-6H2,1-2H3. The maximum absolute atomic E-state index is 11.7. The lowest BCUT2D eigenvalue weighted by Gasteiger charge is -2.18. The fraction of sp³-hybridized carbons (Fsp3) is 0.800. The lowest BCUT2D eigenvalue weighted by Crippen LogP contribution is -2.34. The molecule has 1 saturated heterocycles. The first-order chi connectivity index (χ1) is 7.70. The molecule has 0 bridgehead atoms. The quantitative estimate of drug-likeness (QED) is 0.554. The maximum Gasteiger partial charge on any atom is 0.322 e. The van der Waals surface area contributed by atoms with Crippen LogP contribution in [-0.4, -0.2) is 41.2 Å². The van der Waals surface area contributed by atoms with Gasteiger partial charge in [-0.3, -0.25) is 9.59 Å². The van der Waals surface area contributed by atoms with E-state index in [0.717, 1.165) is 11.5 Å². The molecule has 0 saturated carbocycles. The monoisotopic (exact) mass is 264 g/mol. The first-order valence-corrected chi connectivity index (χ1v) is 7.37. The number of thioether (sulfide) groups is 2. The van der Waals surface area contributed by atoms with E-state index in [1.807, 2.05) is 0 Å². The molecular weight excluding hydrogens is 248 g/mol. The van der Waals surface area contributed by atoms with Gasteiger partial charge >= 0.3 is 11.9 Å². The van der Waals surface area contributed by atoms with Crippen LogP contribution in [0.3, 0.4) is 0 Å². The molecule has 0 spiro atoms. The normalized spacial score (nSPS) is 16.4. The Hall–Kier alpha value is -0.360. The van der Waals surface area contributed by atoms with Gasteiger partial charge in [0.15, 0.2) is 5.92 Å². The minimum absolute atomic E-state index is 0.0573. The van der Waals surface area contributed by atoms with Gasteiger partial charge in [-0.2, -0.15) is 0 Å². The maximum atomic E-state index is 11.7. The fourth-order valence-electron chi connectivity index (χ4n) is 1.35. The number of hydrogen-bond donors (Lipinski definition) is 0. The zero-order chi connectivity index (χ0) is 12.0. The predicted molar refractivity (Wildman–Crippen MR) is 65.5 cm³/mol. The Morgan fingerprint density at radius 3 is 1.94 bits per heavy atom. The topological polar surface area (TPSA) is 52.6 Å². The highest BCUT2D eigenvalue weighted by molar-refractivity contribution is 8.20. The minimum atomic E-state index is -0.780. The van der Waals surface area contributed by atoms with Crippen molar-refractivity contribution in [3.8, 4) is 0 Å². The molecule has 0 atom stereocenters. The molecule has 0 amide bonds. The highest BCUT2D eigenvalue weighted by Crippen LogP contribution is 2.38. The van der Waals surface area contributed by atoms with Crippen LogP contribution in [0.4, 0.5) is 0 Å². The van der Waals surface area contributed by atoms with Crippen molar-refractivity contribution in [1.29, 1.82) is 0 Å². The van der Waals surface area contributed by atoms with E-state index in [9.17, 15) is 9.59 Å². The van der Waals surface area contributed by atoms with Crippen molar-refractivity contribution in [3.05, 3.63) is 0 Å². The molecule has 0 aliphatic carbocycles. The third-order valence-electron chi connectivity index (χ3n) is 2.00. The Morgan fingerprint density at radius 1 is 1.12 bits per heavy atom. The summed E-state index contributed by atoms with van der Waals surface area (Å²) in [6.45, 7) is 4.04. The first-order valence-electron chi connectivity index (χ1n) is 5.27. The molecule has 0 aromatic rings. The molecule has 16 heavy (non-hydrogen) atoms. The number of rotatable bonds is 5. The molecule has 0 aromatic heterocycles. The van der Waals surface area contributed by atoms with Crippen molar-refractivity contribution in [2.75, 3.05) is 24.7 Å². The van der Waals surface area contributed by atoms with Gasteiger partial charge in [0.25, 0.3) is 0 Å². The number of hydrogen-bond acceptors (Lipinski definition) is 6. The van der Waals surface area contributed by atoms with Gasteiger partial charge in [0.2, 0.25) is 0 Å². The molecule has 0 unspecified atom stereocenters. The smallest absolute Gasteiger partial charge is 0.322 e. The van der Waals surface area contributed by atoms with Crippen LogP contribution in [0.5, 0.6) is 0 Å². The lowest BCUT2D eigenvalue weighted by molar-refractivity contribution is -0.160. The second-order valence-corrected chi connectivity index (χ2v) is 5.89. The molecule has 6 heteroatoms. The van der Waals surface area contributed by atoms with Gasteiger partial charge in [0, 0.05) is 11.5 Å². The zero-order valence-corrected chi connectivity index (χ0v) is 11.1. The molecule has 1 aliphatic heterocycles. The average molecular weight is 264 g/mol. The van der Waals surface area contributed by atoms with Crippen LogP contribution in [0.15, 0.2) is 0 Å². The Kier molecular flexibility index (Phi) is 6.05. The van der Waals surface area contributed by atoms with Crippen molar-refractivity contribution in [2.24, 2.45) is 5.92 Å². The molecule has 0 aromatic carbocycles. The molecule has 1 fully saturated rings. The summed E-state index contributed by atoms with van der Waals surface area (Å²) in [4.78, 5) is 23.4. The average Bonchev–Trinajstić information content (AvgIpc) is 2.72. The number of carbonyl (C=O) groups excluding carboxylic acids is 2. The molecule has 4 nitrogen and oxygen atoms in total. The van der Waals surface area contributed by atoms with Crippen molar-refractivity contribution >= 4 is 35.5 Å². The summed E-state index contributed by atoms with van der Waals surface area (Å²) in [5, 5.41) is 0. The van der Waals surface area contributed by atoms with Crippen LogP contribution in [0, 0.1) is 5.92 Å². The summed E-state index contributed by atoms with van der Waals surface area (Å²) in [5.74, 6) is 0.216. The van der Waals surface area contributed by atoms with E-state index in [1.165, 1.54) is 0 Å². The Bertz CT molecular complexity index is 233. The van der Waals surface area contributed by atoms with E-state index >= 15 is 0 Å². The van der Waals surface area contributed by atoms with E-state index in [4.69, 9.17) is 9.47 Å². The third kappa shape index (κ3) is 3.59. The Labute approximate surface area is 104 Å². The zero-order valence-electron chi connectivity index (χ0n) is 9.43. The van der Waals surface area contributed by atoms with Crippen LogP contribution >= 0.6 is 23.5 Å². The van der Waals surface area contributed by atoms with Crippen LogP contribution in [-0.2, 0) is 19.1 Å². The van der Waals surface area contributed by atoms with Crippen LogP contribution < -0.4 is 0 Å². The van der Waals surface area contributed by atoms with E-state index in [0.29, 0.717) is 0 Å². The van der Waals surface area contributed by atoms with Crippen LogP contribution in [0.25, 0.3) is 0 Å². The molecule has 1 aliphatic rings. The lowest BCUT2D eigenvalue weighted by atomic mass is 10.2. The van der Waals surface area contributed by atoms with Crippen molar-refractivity contribution in [1.82, 2.24) is 0 Å². The second kappa shape index (κ2) is 7.06. The van der Waals surface area contributed by atoms with Gasteiger partial charge in [-0.25, -0.2) is 0 Å². The van der Waals surface area contributed by atoms with Gasteiger partial charge in [-0.15, -0.1) is 23.5 Å². The van der Waals surface area contributed by atoms with Crippen molar-refractivity contribution < 1.29 is 19.1 Å². The van der Waals surface area contributed by atoms with Crippen molar-refractivity contribution in [2.45, 2.75) is 18.4 Å². The highest BCUT2D eigenvalue weighted by atomic mass is 32.2. The van der Waals surface area contributed by atoms with E-state index in [2.05, 4.69) is 0 Å². The molecular formula is C10H16O4S2. The SMILES string of the molecule is CCOC(=O)C(C(=O)OCC)C1SCCS1. The third-order valence-corrected chi connectivity index (χ3v) is 5.16. The molecule has 1 rings (SSSR count). The molecule has 0 radical (unpaired) electrons. The molecule has 0 N–H and O–H groups in total. The summed E-state index contributed by atoms with van der Waals surface area (Å²) < 4.78 is 9.78. The van der Waals surface area contributed by atoms with E-state index in [1.54, 1.807) is 37.4 Å². The fourth-order valence-corrected chi connectivity index (χ4v) is 4.38. The van der Waals surface area contributed by atoms with Crippen LogP contribution in [0.1, 0.15) is 13.8 Å². The summed E-state index contributed by atoms with van der Waals surface area (Å²) in [6, 6.07) is 0. The van der Waals surface area contributed by atoms with Gasteiger partial charge < -0.3 is 9.47 Å². The molecule has 1 heterocycles. The summed E-state index contributed by atoms with van der Waals surface area (Å²) in [7, 11) is 0. The Morgan fingerprint density at radius 2 is 1.56 bits per heavy atom. The summed E-state index contributed by atoms with van der Waals surface area (Å²) in [6.07, 6.45) is 0.